The third kappa shape index (κ3) is 4.46. The SMILES string of the molecule is Cc1noc(NC(=O)NC(C)(C)CN2CCOCC2)n1. The third-order valence-corrected chi connectivity index (χ3v) is 2.92. The van der Waals surface area contributed by atoms with Gasteiger partial charge in [0, 0.05) is 25.2 Å². The van der Waals surface area contributed by atoms with Crippen LogP contribution < -0.4 is 10.6 Å². The molecule has 1 saturated heterocycles. The van der Waals surface area contributed by atoms with Crippen molar-refractivity contribution in [3.05, 3.63) is 5.82 Å². The summed E-state index contributed by atoms with van der Waals surface area (Å²) in [5.41, 5.74) is -0.365. The number of rotatable bonds is 4. The number of hydrogen-bond donors (Lipinski definition) is 2. The zero-order chi connectivity index (χ0) is 14.6. The van der Waals surface area contributed by atoms with Crippen molar-refractivity contribution >= 4 is 12.0 Å². The van der Waals surface area contributed by atoms with Crippen LogP contribution in [0.15, 0.2) is 4.52 Å². The molecule has 8 heteroatoms. The quantitative estimate of drug-likeness (QED) is 0.841. The minimum absolute atomic E-state index is 0.0992. The van der Waals surface area contributed by atoms with Gasteiger partial charge in [0.05, 0.1) is 13.2 Å². The molecule has 0 unspecified atom stereocenters. The Morgan fingerprint density at radius 2 is 2.10 bits per heavy atom. The van der Waals surface area contributed by atoms with Crippen molar-refractivity contribution in [3.63, 3.8) is 0 Å². The molecule has 2 N–H and O–H groups in total. The maximum atomic E-state index is 11.9. The number of aryl methyl sites for hydroxylation is 1. The van der Waals surface area contributed by atoms with Crippen LogP contribution in [0.5, 0.6) is 0 Å². The molecule has 2 rings (SSSR count). The van der Waals surface area contributed by atoms with Crippen LogP contribution in [0.4, 0.5) is 10.8 Å². The second-order valence-electron chi connectivity index (χ2n) is 5.50. The molecule has 8 nitrogen and oxygen atoms in total. The van der Waals surface area contributed by atoms with E-state index in [0.717, 1.165) is 32.8 Å². The molecule has 0 radical (unpaired) electrons. The largest absolute Gasteiger partial charge is 0.379 e. The number of nitrogens with zero attached hydrogens (tertiary/aromatic N) is 3. The number of urea groups is 1. The Labute approximate surface area is 117 Å². The van der Waals surface area contributed by atoms with Crippen LogP contribution in [0.2, 0.25) is 0 Å². The van der Waals surface area contributed by atoms with E-state index in [1.165, 1.54) is 0 Å². The number of morpholine rings is 1. The first-order valence-corrected chi connectivity index (χ1v) is 6.64. The molecule has 20 heavy (non-hydrogen) atoms. The average Bonchev–Trinajstić information content (AvgIpc) is 2.74. The highest BCUT2D eigenvalue weighted by atomic mass is 16.5. The predicted molar refractivity (Wildman–Crippen MR) is 72.5 cm³/mol. The van der Waals surface area contributed by atoms with Gasteiger partial charge < -0.3 is 14.6 Å². The minimum Gasteiger partial charge on any atom is -0.379 e. The molecular weight excluding hydrogens is 262 g/mol. The standard InChI is InChI=1S/C12H21N5O3/c1-9-13-11(20-16-9)14-10(18)15-12(2,3)8-17-4-6-19-7-5-17/h4-8H2,1-3H3,(H2,13,14,15,16,18). The number of amides is 2. The van der Waals surface area contributed by atoms with Gasteiger partial charge in [-0.2, -0.15) is 4.98 Å². The molecule has 0 atom stereocenters. The van der Waals surface area contributed by atoms with Gasteiger partial charge in [-0.1, -0.05) is 5.16 Å². The summed E-state index contributed by atoms with van der Waals surface area (Å²) in [5.74, 6) is 0.480. The van der Waals surface area contributed by atoms with E-state index in [-0.39, 0.29) is 17.6 Å². The highest BCUT2D eigenvalue weighted by molar-refractivity contribution is 5.87. The lowest BCUT2D eigenvalue weighted by atomic mass is 10.1. The van der Waals surface area contributed by atoms with E-state index in [9.17, 15) is 4.79 Å². The van der Waals surface area contributed by atoms with Gasteiger partial charge in [-0.15, -0.1) is 0 Å². The first kappa shape index (κ1) is 14.7. The maximum absolute atomic E-state index is 11.9. The van der Waals surface area contributed by atoms with Crippen LogP contribution in [-0.2, 0) is 4.74 Å². The van der Waals surface area contributed by atoms with E-state index >= 15 is 0 Å². The maximum Gasteiger partial charge on any atom is 0.329 e. The number of anilines is 1. The Morgan fingerprint density at radius 1 is 1.40 bits per heavy atom. The van der Waals surface area contributed by atoms with Crippen molar-refractivity contribution in [2.75, 3.05) is 38.2 Å². The van der Waals surface area contributed by atoms with E-state index in [4.69, 9.17) is 9.26 Å². The highest BCUT2D eigenvalue weighted by Crippen LogP contribution is 2.09. The molecule has 0 aromatic carbocycles. The third-order valence-electron chi connectivity index (χ3n) is 2.92. The fourth-order valence-electron chi connectivity index (χ4n) is 2.14. The number of hydrogen-bond acceptors (Lipinski definition) is 6. The minimum atomic E-state index is -0.365. The molecule has 0 saturated carbocycles. The Kier molecular flexibility index (Phi) is 4.56. The fraction of sp³-hybridized carbons (Fsp3) is 0.750. The van der Waals surface area contributed by atoms with Gasteiger partial charge in [0.2, 0.25) is 0 Å². The molecule has 0 bridgehead atoms. The second-order valence-corrected chi connectivity index (χ2v) is 5.50. The lowest BCUT2D eigenvalue weighted by Crippen LogP contribution is -2.54. The van der Waals surface area contributed by atoms with E-state index in [1.807, 2.05) is 13.8 Å². The van der Waals surface area contributed by atoms with Gasteiger partial charge in [-0.3, -0.25) is 10.2 Å². The molecule has 0 aliphatic carbocycles. The van der Waals surface area contributed by atoms with Crippen molar-refractivity contribution in [1.82, 2.24) is 20.4 Å². The van der Waals surface area contributed by atoms with Crippen LogP contribution in [0.3, 0.4) is 0 Å². The van der Waals surface area contributed by atoms with Gasteiger partial charge in [-0.05, 0) is 20.8 Å². The fourth-order valence-corrected chi connectivity index (χ4v) is 2.14. The lowest BCUT2D eigenvalue weighted by molar-refractivity contribution is 0.0282. The second kappa shape index (κ2) is 6.19. The van der Waals surface area contributed by atoms with Gasteiger partial charge in [0.25, 0.3) is 0 Å². The number of nitrogens with one attached hydrogen (secondary N) is 2. The van der Waals surface area contributed by atoms with Crippen LogP contribution in [0, 0.1) is 6.92 Å². The van der Waals surface area contributed by atoms with Gasteiger partial charge in [0.1, 0.15) is 0 Å². The summed E-state index contributed by atoms with van der Waals surface area (Å²) < 4.78 is 10.1. The summed E-state index contributed by atoms with van der Waals surface area (Å²) >= 11 is 0. The Balaban J connectivity index is 1.81. The number of carbonyl (C=O) groups excluding carboxylic acids is 1. The summed E-state index contributed by atoms with van der Waals surface area (Å²) in [4.78, 5) is 18.1. The van der Waals surface area contributed by atoms with Gasteiger partial charge in [0.15, 0.2) is 5.82 Å². The summed E-state index contributed by atoms with van der Waals surface area (Å²) in [7, 11) is 0. The molecule has 1 aliphatic rings. The molecule has 112 valence electrons. The molecule has 1 aliphatic heterocycles. The molecule has 2 amide bonds. The normalized spacial score (nSPS) is 16.9. The van der Waals surface area contributed by atoms with Crippen molar-refractivity contribution in [3.8, 4) is 0 Å². The average molecular weight is 283 g/mol. The monoisotopic (exact) mass is 283 g/mol. The number of ether oxygens (including phenoxy) is 1. The summed E-state index contributed by atoms with van der Waals surface area (Å²) in [6, 6.07) is -0.255. The topological polar surface area (TPSA) is 92.5 Å². The molecule has 1 fully saturated rings. The van der Waals surface area contributed by atoms with E-state index in [1.54, 1.807) is 6.92 Å². The summed E-state index contributed by atoms with van der Waals surface area (Å²) in [6.07, 6.45) is 0. The van der Waals surface area contributed by atoms with Crippen molar-refractivity contribution < 1.29 is 14.1 Å². The molecule has 0 spiro atoms. The van der Waals surface area contributed by atoms with Crippen molar-refractivity contribution in [2.24, 2.45) is 0 Å². The highest BCUT2D eigenvalue weighted by Gasteiger charge is 2.25. The van der Waals surface area contributed by atoms with Gasteiger partial charge in [-0.25, -0.2) is 4.79 Å². The zero-order valence-corrected chi connectivity index (χ0v) is 12.1. The molecular formula is C12H21N5O3. The number of carbonyl (C=O) groups is 1. The van der Waals surface area contributed by atoms with Crippen molar-refractivity contribution in [2.45, 2.75) is 26.3 Å². The van der Waals surface area contributed by atoms with Crippen LogP contribution in [0.1, 0.15) is 19.7 Å². The van der Waals surface area contributed by atoms with Gasteiger partial charge >= 0.3 is 12.0 Å². The summed E-state index contributed by atoms with van der Waals surface area (Å²) in [6.45, 7) is 9.64. The Hall–Kier alpha value is -1.67. The Morgan fingerprint density at radius 3 is 2.70 bits per heavy atom. The van der Waals surface area contributed by atoms with E-state index in [0.29, 0.717) is 5.82 Å². The zero-order valence-electron chi connectivity index (χ0n) is 12.1. The number of aromatic nitrogens is 2. The molecule has 1 aromatic heterocycles. The van der Waals surface area contributed by atoms with Crippen LogP contribution in [0.25, 0.3) is 0 Å². The predicted octanol–water partition coefficient (Wildman–Crippen LogP) is 0.610. The van der Waals surface area contributed by atoms with Crippen LogP contribution in [-0.4, -0.2) is 59.5 Å². The van der Waals surface area contributed by atoms with E-state index in [2.05, 4.69) is 25.7 Å². The smallest absolute Gasteiger partial charge is 0.329 e. The Bertz CT molecular complexity index is 454. The first-order chi connectivity index (χ1) is 9.44. The first-order valence-electron chi connectivity index (χ1n) is 6.64. The van der Waals surface area contributed by atoms with E-state index < -0.39 is 0 Å². The molecule has 1 aromatic rings. The van der Waals surface area contributed by atoms with Crippen molar-refractivity contribution in [1.29, 1.82) is 0 Å². The lowest BCUT2D eigenvalue weighted by Gasteiger charge is -2.35. The summed E-state index contributed by atoms with van der Waals surface area (Å²) in [5, 5.41) is 9.03. The van der Waals surface area contributed by atoms with Crippen LogP contribution >= 0.6 is 0 Å². The molecule has 2 heterocycles.